The topological polar surface area (TPSA) is 88.0 Å². The van der Waals surface area contributed by atoms with Crippen molar-refractivity contribution in [3.05, 3.63) is 35.6 Å². The van der Waals surface area contributed by atoms with Crippen molar-refractivity contribution in [1.82, 2.24) is 19.0 Å². The lowest BCUT2D eigenvalue weighted by Crippen LogP contribution is -2.54. The van der Waals surface area contributed by atoms with Crippen LogP contribution in [0.1, 0.15) is 11.6 Å². The highest BCUT2D eigenvalue weighted by Crippen LogP contribution is 2.22. The van der Waals surface area contributed by atoms with Crippen LogP contribution in [0.5, 0.6) is 0 Å². The fraction of sp³-hybridized carbons (Fsp3) is 0.579. The van der Waals surface area contributed by atoms with E-state index in [1.807, 2.05) is 9.80 Å². The number of piperazine rings is 2. The summed E-state index contributed by atoms with van der Waals surface area (Å²) in [7, 11) is -3.18. The zero-order valence-corrected chi connectivity index (χ0v) is 17.3. The molecule has 0 unspecified atom stereocenters. The molecule has 1 aromatic rings. The van der Waals surface area contributed by atoms with Crippen LogP contribution >= 0.6 is 0 Å². The number of nitrogens with zero attached hydrogens (tertiary/aromatic N) is 5. The molecule has 29 heavy (non-hydrogen) atoms. The van der Waals surface area contributed by atoms with Crippen LogP contribution in [-0.2, 0) is 14.8 Å². The first kappa shape index (κ1) is 21.6. The number of sulfonamides is 1. The van der Waals surface area contributed by atoms with E-state index in [-0.39, 0.29) is 18.3 Å². The Bertz CT molecular complexity index is 855. The van der Waals surface area contributed by atoms with Gasteiger partial charge in [0, 0.05) is 52.4 Å². The minimum absolute atomic E-state index is 0.0211. The fourth-order valence-corrected chi connectivity index (χ4v) is 4.58. The molecule has 1 aromatic carbocycles. The summed E-state index contributed by atoms with van der Waals surface area (Å²) in [6.07, 6.45) is 1.20. The van der Waals surface area contributed by atoms with E-state index in [9.17, 15) is 22.9 Å². The summed E-state index contributed by atoms with van der Waals surface area (Å²) in [5, 5.41) is 9.55. The number of carbonyl (C=O) groups excluding carboxylic acids is 1. The van der Waals surface area contributed by atoms with Crippen molar-refractivity contribution in [3.8, 4) is 6.07 Å². The van der Waals surface area contributed by atoms with Crippen LogP contribution in [0, 0.1) is 17.1 Å². The van der Waals surface area contributed by atoms with E-state index in [2.05, 4.69) is 6.07 Å². The van der Waals surface area contributed by atoms with Gasteiger partial charge in [0.05, 0.1) is 18.9 Å². The Morgan fingerprint density at radius 3 is 2.17 bits per heavy atom. The van der Waals surface area contributed by atoms with E-state index in [1.54, 1.807) is 17.0 Å². The molecule has 0 spiro atoms. The first-order valence-corrected chi connectivity index (χ1v) is 11.5. The lowest BCUT2D eigenvalue weighted by atomic mass is 10.1. The van der Waals surface area contributed by atoms with Gasteiger partial charge in [0.1, 0.15) is 11.9 Å². The monoisotopic (exact) mass is 423 g/mol. The predicted molar refractivity (Wildman–Crippen MR) is 106 cm³/mol. The second kappa shape index (κ2) is 9.17. The fourth-order valence-electron chi connectivity index (χ4n) is 3.75. The van der Waals surface area contributed by atoms with Gasteiger partial charge in [-0.2, -0.15) is 9.57 Å². The minimum atomic E-state index is -3.18. The van der Waals surface area contributed by atoms with E-state index in [0.717, 1.165) is 5.56 Å². The number of rotatable bonds is 5. The minimum Gasteiger partial charge on any atom is -0.339 e. The zero-order valence-electron chi connectivity index (χ0n) is 16.5. The normalized spacial score (nSPS) is 20.9. The summed E-state index contributed by atoms with van der Waals surface area (Å²) in [6.45, 7) is 4.37. The summed E-state index contributed by atoms with van der Waals surface area (Å²) < 4.78 is 37.7. The number of hydrogen-bond acceptors (Lipinski definition) is 6. The molecule has 0 N–H and O–H groups in total. The largest absolute Gasteiger partial charge is 0.339 e. The Labute approximate surface area is 171 Å². The molecular weight excluding hydrogens is 397 g/mol. The van der Waals surface area contributed by atoms with Gasteiger partial charge in [-0.25, -0.2) is 12.8 Å². The number of nitriles is 1. The van der Waals surface area contributed by atoms with Crippen LogP contribution in [0.25, 0.3) is 0 Å². The second-order valence-corrected chi connectivity index (χ2v) is 9.42. The molecule has 8 nitrogen and oxygen atoms in total. The Morgan fingerprint density at radius 2 is 1.66 bits per heavy atom. The molecule has 1 atom stereocenters. The third-order valence-corrected chi connectivity index (χ3v) is 6.80. The molecule has 0 aliphatic carbocycles. The van der Waals surface area contributed by atoms with E-state index < -0.39 is 16.1 Å². The Balaban J connectivity index is 1.48. The highest BCUT2D eigenvalue weighted by atomic mass is 32.2. The summed E-state index contributed by atoms with van der Waals surface area (Å²) in [5.74, 6) is -0.314. The Hall–Kier alpha value is -2.06. The molecule has 1 amide bonds. The SMILES string of the molecule is CS(=O)(=O)N1CCN(CC(=O)N2CCN([C@@H](C#N)c3ccc(F)cc3)CC2)CC1. The van der Waals surface area contributed by atoms with E-state index in [0.29, 0.717) is 52.4 Å². The lowest BCUT2D eigenvalue weighted by Gasteiger charge is -2.38. The molecule has 3 rings (SSSR count). The molecular formula is C19H26FN5O3S. The highest BCUT2D eigenvalue weighted by molar-refractivity contribution is 7.88. The maximum absolute atomic E-state index is 13.1. The zero-order chi connectivity index (χ0) is 21.0. The molecule has 2 aliphatic rings. The summed E-state index contributed by atoms with van der Waals surface area (Å²) in [4.78, 5) is 18.4. The molecule has 2 fully saturated rings. The molecule has 0 bridgehead atoms. The smallest absolute Gasteiger partial charge is 0.236 e. The van der Waals surface area contributed by atoms with Gasteiger partial charge in [0.2, 0.25) is 15.9 Å². The molecule has 0 aromatic heterocycles. The van der Waals surface area contributed by atoms with Crippen LogP contribution in [0.4, 0.5) is 4.39 Å². The van der Waals surface area contributed by atoms with E-state index in [1.165, 1.54) is 22.7 Å². The molecule has 10 heteroatoms. The first-order chi connectivity index (χ1) is 13.8. The van der Waals surface area contributed by atoms with Crippen molar-refractivity contribution in [2.45, 2.75) is 6.04 Å². The molecule has 0 saturated carbocycles. The molecule has 158 valence electrons. The van der Waals surface area contributed by atoms with E-state index in [4.69, 9.17) is 0 Å². The highest BCUT2D eigenvalue weighted by Gasteiger charge is 2.29. The van der Waals surface area contributed by atoms with Crippen molar-refractivity contribution in [3.63, 3.8) is 0 Å². The molecule has 2 aliphatic heterocycles. The van der Waals surface area contributed by atoms with Crippen LogP contribution < -0.4 is 0 Å². The maximum Gasteiger partial charge on any atom is 0.236 e. The quantitative estimate of drug-likeness (QED) is 0.668. The number of benzene rings is 1. The second-order valence-electron chi connectivity index (χ2n) is 7.44. The summed E-state index contributed by atoms with van der Waals surface area (Å²) in [6, 6.07) is 7.75. The number of halogens is 1. The number of carbonyl (C=O) groups is 1. The van der Waals surface area contributed by atoms with Gasteiger partial charge in [-0.3, -0.25) is 14.6 Å². The third kappa shape index (κ3) is 5.51. The van der Waals surface area contributed by atoms with Crippen molar-refractivity contribution in [2.24, 2.45) is 0 Å². The summed E-state index contributed by atoms with van der Waals surface area (Å²) in [5.41, 5.74) is 0.748. The summed E-state index contributed by atoms with van der Waals surface area (Å²) >= 11 is 0. The first-order valence-electron chi connectivity index (χ1n) is 9.62. The van der Waals surface area contributed by atoms with Gasteiger partial charge in [-0.05, 0) is 17.7 Å². The van der Waals surface area contributed by atoms with Crippen molar-refractivity contribution >= 4 is 15.9 Å². The van der Waals surface area contributed by atoms with Gasteiger partial charge in [-0.15, -0.1) is 0 Å². The number of amides is 1. The van der Waals surface area contributed by atoms with Gasteiger partial charge in [-0.1, -0.05) is 12.1 Å². The standard InChI is InChI=1S/C19H26FN5O3S/c1-29(27,28)25-12-6-22(7-13-25)15-19(26)24-10-8-23(9-11-24)18(14-21)16-2-4-17(20)5-3-16/h2-5,18H,6-13,15H2,1H3/t18-/m0/s1. The average Bonchev–Trinajstić information content (AvgIpc) is 2.70. The van der Waals surface area contributed by atoms with Crippen molar-refractivity contribution in [2.75, 3.05) is 65.2 Å². The van der Waals surface area contributed by atoms with Gasteiger partial charge in [0.25, 0.3) is 0 Å². The van der Waals surface area contributed by atoms with Crippen LogP contribution in [0.2, 0.25) is 0 Å². The van der Waals surface area contributed by atoms with Crippen LogP contribution in [0.15, 0.2) is 24.3 Å². The Morgan fingerprint density at radius 1 is 1.07 bits per heavy atom. The molecule has 2 saturated heterocycles. The van der Waals surface area contributed by atoms with Gasteiger partial charge < -0.3 is 4.90 Å². The average molecular weight is 424 g/mol. The molecule has 0 radical (unpaired) electrons. The van der Waals surface area contributed by atoms with Gasteiger partial charge in [0.15, 0.2) is 0 Å². The van der Waals surface area contributed by atoms with Crippen molar-refractivity contribution < 1.29 is 17.6 Å². The lowest BCUT2D eigenvalue weighted by molar-refractivity contribution is -0.134. The van der Waals surface area contributed by atoms with Crippen LogP contribution in [0.3, 0.4) is 0 Å². The van der Waals surface area contributed by atoms with Crippen molar-refractivity contribution in [1.29, 1.82) is 5.26 Å². The van der Waals surface area contributed by atoms with Gasteiger partial charge >= 0.3 is 0 Å². The Kier molecular flexibility index (Phi) is 6.85. The molecule has 2 heterocycles. The predicted octanol–water partition coefficient (Wildman–Crippen LogP) is 0.112. The number of hydrogen-bond donors (Lipinski definition) is 0. The third-order valence-electron chi connectivity index (χ3n) is 5.50. The van der Waals surface area contributed by atoms with Crippen LogP contribution in [-0.4, -0.2) is 98.5 Å². The van der Waals surface area contributed by atoms with E-state index >= 15 is 0 Å². The maximum atomic E-state index is 13.1.